The summed E-state index contributed by atoms with van der Waals surface area (Å²) >= 11 is 0. The van der Waals surface area contributed by atoms with Crippen molar-refractivity contribution >= 4 is 0 Å². The summed E-state index contributed by atoms with van der Waals surface area (Å²) < 4.78 is 72.1. The number of pyridine rings is 1. The minimum absolute atomic E-state index is 0.00546. The molecule has 0 saturated carbocycles. The van der Waals surface area contributed by atoms with Gasteiger partial charge in [-0.3, -0.25) is 4.98 Å². The smallest absolute Gasteiger partial charge is 0.252 e. The summed E-state index contributed by atoms with van der Waals surface area (Å²) in [6.07, 6.45) is -7.84. The zero-order valence-electron chi connectivity index (χ0n) is 6.45. The lowest BCUT2D eigenvalue weighted by molar-refractivity contribution is -0.138. The average Bonchev–Trinajstić information content (AvgIpc) is 2.01. The second kappa shape index (κ2) is 3.47. The van der Waals surface area contributed by atoms with E-state index in [1.807, 2.05) is 0 Å². The minimum atomic E-state index is -4.78. The van der Waals surface area contributed by atoms with Gasteiger partial charge in [0.2, 0.25) is 0 Å². The van der Waals surface area contributed by atoms with E-state index < -0.39 is 29.7 Å². The Balaban J connectivity index is 3.13. The molecule has 0 aromatic carbocycles. The first-order chi connectivity index (χ1) is 6.32. The normalized spacial score (nSPS) is 12.2. The van der Waals surface area contributed by atoms with Crippen LogP contribution in [0.2, 0.25) is 0 Å². The predicted molar refractivity (Wildman–Crippen MR) is 34.2 cm³/mol. The van der Waals surface area contributed by atoms with Crippen LogP contribution in [-0.4, -0.2) is 4.98 Å². The number of aromatic nitrogens is 1. The van der Waals surface area contributed by atoms with Crippen LogP contribution in [0.25, 0.3) is 0 Å². The number of halogens is 6. The highest BCUT2D eigenvalue weighted by Gasteiger charge is 2.32. The third kappa shape index (κ3) is 2.15. The maximum Gasteiger partial charge on any atom is 0.417 e. The number of rotatable bonds is 1. The molecule has 0 bridgehead atoms. The van der Waals surface area contributed by atoms with Crippen molar-refractivity contribution in [1.29, 1.82) is 0 Å². The fourth-order valence-electron chi connectivity index (χ4n) is 0.764. The van der Waals surface area contributed by atoms with Crippen LogP contribution in [0.15, 0.2) is 12.3 Å². The van der Waals surface area contributed by atoms with Crippen LogP contribution in [0.3, 0.4) is 0 Å². The Morgan fingerprint density at radius 3 is 2.14 bits per heavy atom. The van der Waals surface area contributed by atoms with E-state index >= 15 is 0 Å². The largest absolute Gasteiger partial charge is 0.417 e. The minimum Gasteiger partial charge on any atom is -0.252 e. The van der Waals surface area contributed by atoms with Crippen LogP contribution >= 0.6 is 0 Å². The van der Waals surface area contributed by atoms with Crippen molar-refractivity contribution in [3.63, 3.8) is 0 Å². The lowest BCUT2D eigenvalue weighted by Crippen LogP contribution is -2.08. The van der Waals surface area contributed by atoms with Crippen molar-refractivity contribution in [3.8, 4) is 0 Å². The standard InChI is InChI=1S/C7H3F6N/c8-4-1-3(7(11,12)13)2-14-5(4)6(9)10/h1-2,6H. The molecule has 0 atom stereocenters. The molecule has 0 aliphatic heterocycles. The molecule has 1 aromatic heterocycles. The molecule has 0 unspecified atom stereocenters. The van der Waals surface area contributed by atoms with Crippen LogP contribution in [0, 0.1) is 5.82 Å². The van der Waals surface area contributed by atoms with Crippen molar-refractivity contribution in [2.24, 2.45) is 0 Å². The van der Waals surface area contributed by atoms with Crippen molar-refractivity contribution in [2.75, 3.05) is 0 Å². The zero-order valence-corrected chi connectivity index (χ0v) is 6.45. The van der Waals surface area contributed by atoms with E-state index in [9.17, 15) is 26.3 Å². The SMILES string of the molecule is Fc1cc(C(F)(F)F)cnc1C(F)F. The number of alkyl halides is 5. The molecule has 0 aliphatic carbocycles. The molecule has 0 aliphatic rings. The highest BCUT2D eigenvalue weighted by atomic mass is 19.4. The number of hydrogen-bond acceptors (Lipinski definition) is 1. The first-order valence-electron chi connectivity index (χ1n) is 3.33. The quantitative estimate of drug-likeness (QED) is 0.655. The Kier molecular flexibility index (Phi) is 2.68. The molecule has 1 rings (SSSR count). The van der Waals surface area contributed by atoms with Crippen molar-refractivity contribution in [2.45, 2.75) is 12.6 Å². The van der Waals surface area contributed by atoms with Gasteiger partial charge in [-0.05, 0) is 6.07 Å². The maximum absolute atomic E-state index is 12.6. The lowest BCUT2D eigenvalue weighted by atomic mass is 10.2. The van der Waals surface area contributed by atoms with Crippen LogP contribution in [-0.2, 0) is 6.18 Å². The Hall–Kier alpha value is -1.27. The molecule has 1 aromatic rings. The molecule has 0 fully saturated rings. The van der Waals surface area contributed by atoms with Gasteiger partial charge >= 0.3 is 6.18 Å². The molecule has 1 heterocycles. The maximum atomic E-state index is 12.6. The summed E-state index contributed by atoms with van der Waals surface area (Å²) in [5.41, 5.74) is -2.67. The summed E-state index contributed by atoms with van der Waals surface area (Å²) in [7, 11) is 0. The Bertz CT molecular complexity index is 331. The van der Waals surface area contributed by atoms with Gasteiger partial charge in [0.05, 0.1) is 5.56 Å². The van der Waals surface area contributed by atoms with E-state index in [2.05, 4.69) is 4.98 Å². The third-order valence-corrected chi connectivity index (χ3v) is 1.40. The second-order valence-corrected chi connectivity index (χ2v) is 2.39. The van der Waals surface area contributed by atoms with Gasteiger partial charge in [0.15, 0.2) is 5.82 Å². The van der Waals surface area contributed by atoms with Gasteiger partial charge in [-0.2, -0.15) is 13.2 Å². The van der Waals surface area contributed by atoms with Crippen LogP contribution in [0.1, 0.15) is 17.7 Å². The van der Waals surface area contributed by atoms with E-state index in [1.54, 1.807) is 0 Å². The first kappa shape index (κ1) is 10.8. The van der Waals surface area contributed by atoms with Gasteiger partial charge in [-0.1, -0.05) is 0 Å². The van der Waals surface area contributed by atoms with Gasteiger partial charge in [0.25, 0.3) is 6.43 Å². The van der Waals surface area contributed by atoms with Gasteiger partial charge in [0, 0.05) is 6.20 Å². The molecule has 0 radical (unpaired) electrons. The Labute approximate surface area is 74.4 Å². The van der Waals surface area contributed by atoms with Crippen molar-refractivity contribution < 1.29 is 26.3 Å². The molecule has 1 nitrogen and oxygen atoms in total. The van der Waals surface area contributed by atoms with E-state index in [4.69, 9.17) is 0 Å². The van der Waals surface area contributed by atoms with Crippen molar-refractivity contribution in [1.82, 2.24) is 4.98 Å². The molecular weight excluding hydrogens is 212 g/mol. The van der Waals surface area contributed by atoms with E-state index in [-0.39, 0.29) is 12.3 Å². The highest BCUT2D eigenvalue weighted by molar-refractivity contribution is 5.19. The third-order valence-electron chi connectivity index (χ3n) is 1.40. The van der Waals surface area contributed by atoms with E-state index in [1.165, 1.54) is 0 Å². The van der Waals surface area contributed by atoms with E-state index in [0.29, 0.717) is 0 Å². The fraction of sp³-hybridized carbons (Fsp3) is 0.286. The van der Waals surface area contributed by atoms with Crippen LogP contribution in [0.5, 0.6) is 0 Å². The summed E-state index contributed by atoms with van der Waals surface area (Å²) in [6.45, 7) is 0. The molecule has 0 amide bonds. The monoisotopic (exact) mass is 215 g/mol. The summed E-state index contributed by atoms with van der Waals surface area (Å²) in [5, 5.41) is 0. The first-order valence-corrected chi connectivity index (χ1v) is 3.33. The number of nitrogens with zero attached hydrogens (tertiary/aromatic N) is 1. The Morgan fingerprint density at radius 1 is 1.21 bits per heavy atom. The summed E-state index contributed by atoms with van der Waals surface area (Å²) in [4.78, 5) is 2.70. The molecule has 7 heteroatoms. The second-order valence-electron chi connectivity index (χ2n) is 2.39. The molecule has 14 heavy (non-hydrogen) atoms. The molecule has 0 spiro atoms. The van der Waals surface area contributed by atoms with Gasteiger partial charge < -0.3 is 0 Å². The lowest BCUT2D eigenvalue weighted by Gasteiger charge is -2.07. The fourth-order valence-corrected chi connectivity index (χ4v) is 0.764. The number of hydrogen-bond donors (Lipinski definition) is 0. The molecule has 78 valence electrons. The van der Waals surface area contributed by atoms with Crippen LogP contribution in [0.4, 0.5) is 26.3 Å². The summed E-state index contributed by atoms with van der Waals surface area (Å²) in [6, 6.07) is -0.00546. The van der Waals surface area contributed by atoms with Crippen LogP contribution < -0.4 is 0 Å². The highest BCUT2D eigenvalue weighted by Crippen LogP contribution is 2.30. The Morgan fingerprint density at radius 2 is 1.79 bits per heavy atom. The topological polar surface area (TPSA) is 12.9 Å². The van der Waals surface area contributed by atoms with Gasteiger partial charge in [-0.25, -0.2) is 13.2 Å². The average molecular weight is 215 g/mol. The van der Waals surface area contributed by atoms with Gasteiger partial charge in [-0.15, -0.1) is 0 Å². The van der Waals surface area contributed by atoms with E-state index in [0.717, 1.165) is 0 Å². The molecule has 0 N–H and O–H groups in total. The zero-order chi connectivity index (χ0) is 10.9. The van der Waals surface area contributed by atoms with Gasteiger partial charge in [0.1, 0.15) is 5.69 Å². The van der Waals surface area contributed by atoms with Crippen molar-refractivity contribution in [3.05, 3.63) is 29.3 Å². The predicted octanol–water partition coefficient (Wildman–Crippen LogP) is 3.18. The molecule has 0 saturated heterocycles. The molecular formula is C7H3F6N. The summed E-state index contributed by atoms with van der Waals surface area (Å²) in [5.74, 6) is -1.66.